The van der Waals surface area contributed by atoms with Gasteiger partial charge in [0.05, 0.1) is 0 Å². The Morgan fingerprint density at radius 3 is 2.71 bits per heavy atom. The summed E-state index contributed by atoms with van der Waals surface area (Å²) >= 11 is 0. The largest absolute Gasteiger partial charge is 0.313 e. The van der Waals surface area contributed by atoms with Gasteiger partial charge in [-0.2, -0.15) is 0 Å². The molecule has 0 bridgehead atoms. The van der Waals surface area contributed by atoms with Crippen molar-refractivity contribution in [2.45, 2.75) is 44.1 Å². The SMILES string of the molecule is C#CCCCC(CNC1CC1)c1ccccc1. The Morgan fingerprint density at radius 2 is 2.06 bits per heavy atom. The average Bonchev–Trinajstić information content (AvgIpc) is 3.19. The van der Waals surface area contributed by atoms with Crippen LogP contribution in [0.15, 0.2) is 30.3 Å². The molecule has 2 rings (SSSR count). The molecule has 1 aliphatic rings. The molecule has 1 heteroatoms. The Balaban J connectivity index is 1.88. The fourth-order valence-electron chi connectivity index (χ4n) is 2.16. The van der Waals surface area contributed by atoms with Crippen molar-refractivity contribution in [3.63, 3.8) is 0 Å². The summed E-state index contributed by atoms with van der Waals surface area (Å²) in [4.78, 5) is 0. The third-order valence-corrected chi connectivity index (χ3v) is 3.37. The summed E-state index contributed by atoms with van der Waals surface area (Å²) in [7, 11) is 0. The number of terminal acetylenes is 1. The molecule has 1 nitrogen and oxygen atoms in total. The standard InChI is InChI=1S/C16H21N/c1-2-3-5-10-15(13-17-16-11-12-16)14-8-6-4-7-9-14/h1,4,6-9,15-17H,3,5,10-13H2. The van der Waals surface area contributed by atoms with Gasteiger partial charge in [0.15, 0.2) is 0 Å². The lowest BCUT2D eigenvalue weighted by Crippen LogP contribution is -2.23. The summed E-state index contributed by atoms with van der Waals surface area (Å²) in [5.74, 6) is 3.35. The lowest BCUT2D eigenvalue weighted by atomic mass is 9.93. The molecule has 90 valence electrons. The minimum Gasteiger partial charge on any atom is -0.313 e. The Kier molecular flexibility index (Phi) is 4.64. The number of benzene rings is 1. The van der Waals surface area contributed by atoms with E-state index in [1.165, 1.54) is 24.8 Å². The highest BCUT2D eigenvalue weighted by Gasteiger charge is 2.22. The van der Waals surface area contributed by atoms with Crippen LogP contribution in [0.4, 0.5) is 0 Å². The lowest BCUT2D eigenvalue weighted by Gasteiger charge is -2.17. The molecule has 1 unspecified atom stereocenters. The molecule has 0 spiro atoms. The minimum absolute atomic E-state index is 0.616. The second-order valence-corrected chi connectivity index (χ2v) is 4.89. The van der Waals surface area contributed by atoms with Crippen molar-refractivity contribution in [1.82, 2.24) is 5.32 Å². The molecular formula is C16H21N. The van der Waals surface area contributed by atoms with Gasteiger partial charge in [0.1, 0.15) is 0 Å². The Morgan fingerprint density at radius 1 is 1.29 bits per heavy atom. The molecular weight excluding hydrogens is 206 g/mol. The van der Waals surface area contributed by atoms with Crippen LogP contribution in [0.2, 0.25) is 0 Å². The van der Waals surface area contributed by atoms with E-state index < -0.39 is 0 Å². The number of hydrogen-bond donors (Lipinski definition) is 1. The van der Waals surface area contributed by atoms with Crippen molar-refractivity contribution < 1.29 is 0 Å². The summed E-state index contributed by atoms with van der Waals surface area (Å²) in [6.07, 6.45) is 11.2. The van der Waals surface area contributed by atoms with Crippen LogP contribution in [0.25, 0.3) is 0 Å². The quantitative estimate of drug-likeness (QED) is 0.556. The maximum atomic E-state index is 5.32. The van der Waals surface area contributed by atoms with Gasteiger partial charge in [-0.15, -0.1) is 12.3 Å². The molecule has 1 aromatic carbocycles. The first-order chi connectivity index (χ1) is 8.40. The number of hydrogen-bond acceptors (Lipinski definition) is 1. The normalized spacial score (nSPS) is 16.4. The number of nitrogens with one attached hydrogen (secondary N) is 1. The van der Waals surface area contributed by atoms with Gasteiger partial charge in [0.25, 0.3) is 0 Å². The van der Waals surface area contributed by atoms with Crippen molar-refractivity contribution in [1.29, 1.82) is 0 Å². The monoisotopic (exact) mass is 227 g/mol. The van der Waals surface area contributed by atoms with E-state index in [4.69, 9.17) is 6.42 Å². The van der Waals surface area contributed by atoms with E-state index in [1.807, 2.05) is 0 Å². The van der Waals surface area contributed by atoms with Crippen molar-refractivity contribution in [2.75, 3.05) is 6.54 Å². The van der Waals surface area contributed by atoms with Gasteiger partial charge >= 0.3 is 0 Å². The average molecular weight is 227 g/mol. The summed E-state index contributed by atoms with van der Waals surface area (Å²) in [5.41, 5.74) is 1.44. The van der Waals surface area contributed by atoms with E-state index in [9.17, 15) is 0 Å². The molecule has 0 radical (unpaired) electrons. The van der Waals surface area contributed by atoms with Gasteiger partial charge < -0.3 is 5.32 Å². The van der Waals surface area contributed by atoms with Crippen LogP contribution in [0.1, 0.15) is 43.6 Å². The van der Waals surface area contributed by atoms with Crippen LogP contribution in [-0.4, -0.2) is 12.6 Å². The maximum Gasteiger partial charge on any atom is 0.00862 e. The molecule has 0 amide bonds. The van der Waals surface area contributed by atoms with Crippen molar-refractivity contribution >= 4 is 0 Å². The molecule has 0 aromatic heterocycles. The molecule has 1 aromatic rings. The number of unbranched alkanes of at least 4 members (excludes halogenated alkanes) is 1. The summed E-state index contributed by atoms with van der Waals surface area (Å²) < 4.78 is 0. The van der Waals surface area contributed by atoms with E-state index >= 15 is 0 Å². The van der Waals surface area contributed by atoms with Crippen LogP contribution in [0.3, 0.4) is 0 Å². The molecule has 1 atom stereocenters. The fourth-order valence-corrected chi connectivity index (χ4v) is 2.16. The highest BCUT2D eigenvalue weighted by molar-refractivity contribution is 5.20. The highest BCUT2D eigenvalue weighted by Crippen LogP contribution is 2.24. The molecule has 1 N–H and O–H groups in total. The Bertz CT molecular complexity index is 359. The zero-order valence-corrected chi connectivity index (χ0v) is 10.4. The van der Waals surface area contributed by atoms with Gasteiger partial charge in [-0.25, -0.2) is 0 Å². The first kappa shape index (κ1) is 12.2. The van der Waals surface area contributed by atoms with Gasteiger partial charge in [0.2, 0.25) is 0 Å². The molecule has 1 fully saturated rings. The molecule has 1 saturated carbocycles. The molecule has 1 aliphatic carbocycles. The van der Waals surface area contributed by atoms with Gasteiger partial charge in [0, 0.05) is 19.0 Å². The molecule has 0 heterocycles. The summed E-state index contributed by atoms with van der Waals surface area (Å²) in [6, 6.07) is 11.6. The zero-order chi connectivity index (χ0) is 11.9. The van der Waals surface area contributed by atoms with E-state index in [-0.39, 0.29) is 0 Å². The first-order valence-corrected chi connectivity index (χ1v) is 6.62. The smallest absolute Gasteiger partial charge is 0.00862 e. The Labute approximate surface area is 105 Å². The van der Waals surface area contributed by atoms with Crippen molar-refractivity contribution in [2.24, 2.45) is 0 Å². The van der Waals surface area contributed by atoms with E-state index in [0.717, 1.165) is 25.4 Å². The van der Waals surface area contributed by atoms with E-state index in [2.05, 4.69) is 41.6 Å². The van der Waals surface area contributed by atoms with Crippen LogP contribution in [-0.2, 0) is 0 Å². The zero-order valence-electron chi connectivity index (χ0n) is 10.4. The predicted octanol–water partition coefficient (Wildman–Crippen LogP) is 3.33. The lowest BCUT2D eigenvalue weighted by molar-refractivity contribution is 0.535. The van der Waals surface area contributed by atoms with Crippen LogP contribution < -0.4 is 5.32 Å². The maximum absolute atomic E-state index is 5.32. The third-order valence-electron chi connectivity index (χ3n) is 3.37. The highest BCUT2D eigenvalue weighted by atomic mass is 14.9. The minimum atomic E-state index is 0.616. The van der Waals surface area contributed by atoms with Crippen LogP contribution in [0.5, 0.6) is 0 Å². The van der Waals surface area contributed by atoms with Crippen molar-refractivity contribution in [3.05, 3.63) is 35.9 Å². The van der Waals surface area contributed by atoms with Gasteiger partial charge in [-0.05, 0) is 37.2 Å². The molecule has 17 heavy (non-hydrogen) atoms. The number of rotatable bonds is 7. The molecule has 0 aliphatic heterocycles. The summed E-state index contributed by atoms with van der Waals surface area (Å²) in [6.45, 7) is 1.10. The van der Waals surface area contributed by atoms with Crippen LogP contribution >= 0.6 is 0 Å². The fraction of sp³-hybridized carbons (Fsp3) is 0.500. The third kappa shape index (κ3) is 4.24. The Hall–Kier alpha value is -1.26. The van der Waals surface area contributed by atoms with Crippen molar-refractivity contribution in [3.8, 4) is 12.3 Å². The topological polar surface area (TPSA) is 12.0 Å². The second-order valence-electron chi connectivity index (χ2n) is 4.89. The summed E-state index contributed by atoms with van der Waals surface area (Å²) in [5, 5.41) is 3.63. The van der Waals surface area contributed by atoms with Crippen LogP contribution in [0, 0.1) is 12.3 Å². The van der Waals surface area contributed by atoms with Gasteiger partial charge in [-0.1, -0.05) is 30.3 Å². The van der Waals surface area contributed by atoms with Gasteiger partial charge in [-0.3, -0.25) is 0 Å². The first-order valence-electron chi connectivity index (χ1n) is 6.62. The predicted molar refractivity (Wildman–Crippen MR) is 72.9 cm³/mol. The second kappa shape index (κ2) is 6.47. The van der Waals surface area contributed by atoms with E-state index in [1.54, 1.807) is 0 Å². The molecule has 0 saturated heterocycles. The van der Waals surface area contributed by atoms with E-state index in [0.29, 0.717) is 5.92 Å².